The molecular formula is C13H18N2O4S. The molecule has 7 heteroatoms. The van der Waals surface area contributed by atoms with Crippen molar-refractivity contribution in [2.75, 3.05) is 4.83 Å². The van der Waals surface area contributed by atoms with Crippen molar-refractivity contribution in [3.05, 3.63) is 35.2 Å². The highest BCUT2D eigenvalue weighted by Crippen LogP contribution is 2.25. The van der Waals surface area contributed by atoms with Gasteiger partial charge in [-0.2, -0.15) is 0 Å². The molecule has 0 radical (unpaired) electrons. The van der Waals surface area contributed by atoms with Gasteiger partial charge in [0.1, 0.15) is 5.25 Å². The van der Waals surface area contributed by atoms with Crippen LogP contribution >= 0.6 is 0 Å². The van der Waals surface area contributed by atoms with E-state index in [1.165, 1.54) is 10.8 Å². The second-order valence-corrected chi connectivity index (χ2v) is 6.81. The van der Waals surface area contributed by atoms with Gasteiger partial charge in [-0.05, 0) is 45.2 Å². The van der Waals surface area contributed by atoms with Crippen LogP contribution in [-0.4, -0.2) is 29.4 Å². The maximum absolute atomic E-state index is 12.4. The molecule has 0 saturated carbocycles. The van der Waals surface area contributed by atoms with Gasteiger partial charge in [0.25, 0.3) is 10.0 Å². The van der Waals surface area contributed by atoms with Crippen molar-refractivity contribution >= 4 is 16.0 Å². The molecule has 1 atom stereocenters. The van der Waals surface area contributed by atoms with Gasteiger partial charge < -0.3 is 5.11 Å². The van der Waals surface area contributed by atoms with Crippen molar-refractivity contribution in [2.24, 2.45) is 0 Å². The summed E-state index contributed by atoms with van der Waals surface area (Å²) < 4.78 is 26.3. The molecule has 110 valence electrons. The minimum atomic E-state index is -3.78. The van der Waals surface area contributed by atoms with Crippen LogP contribution in [0, 0.1) is 13.8 Å². The molecule has 0 saturated heterocycles. The van der Waals surface area contributed by atoms with Crippen LogP contribution in [0.3, 0.4) is 0 Å². The largest absolute Gasteiger partial charge is 0.478 e. The third kappa shape index (κ3) is 2.72. The first-order valence-corrected chi connectivity index (χ1v) is 7.97. The van der Waals surface area contributed by atoms with Gasteiger partial charge in [0.15, 0.2) is 0 Å². The van der Waals surface area contributed by atoms with Crippen molar-refractivity contribution in [1.29, 1.82) is 0 Å². The Labute approximate surface area is 118 Å². The predicted molar refractivity (Wildman–Crippen MR) is 75.5 cm³/mol. The summed E-state index contributed by atoms with van der Waals surface area (Å²) in [7, 11) is -3.78. The molecule has 1 unspecified atom stereocenters. The summed E-state index contributed by atoms with van der Waals surface area (Å²) >= 11 is 0. The molecule has 0 aromatic carbocycles. The molecule has 1 heterocycles. The lowest BCUT2D eigenvalue weighted by molar-refractivity contribution is -0.132. The Hall–Kier alpha value is -1.76. The van der Waals surface area contributed by atoms with Crippen LogP contribution < -0.4 is 4.83 Å². The van der Waals surface area contributed by atoms with E-state index in [9.17, 15) is 13.2 Å². The molecule has 2 N–H and O–H groups in total. The van der Waals surface area contributed by atoms with Crippen LogP contribution in [0.5, 0.6) is 0 Å². The number of carboxylic acids is 1. The van der Waals surface area contributed by atoms with E-state index in [4.69, 9.17) is 5.11 Å². The third-order valence-electron chi connectivity index (χ3n) is 3.49. The number of aliphatic carboxylic acids is 1. The first kappa shape index (κ1) is 14.6. The zero-order valence-corrected chi connectivity index (χ0v) is 12.3. The Morgan fingerprint density at radius 3 is 2.50 bits per heavy atom. The van der Waals surface area contributed by atoms with Gasteiger partial charge in [-0.3, -0.25) is 4.68 Å². The van der Waals surface area contributed by atoms with E-state index in [1.807, 2.05) is 0 Å². The summed E-state index contributed by atoms with van der Waals surface area (Å²) in [6, 6.07) is 3.60. The lowest BCUT2D eigenvalue weighted by Crippen LogP contribution is -2.38. The number of aromatic nitrogens is 1. The molecule has 0 bridgehead atoms. The van der Waals surface area contributed by atoms with Gasteiger partial charge in [-0.25, -0.2) is 18.0 Å². The number of rotatable bonds is 4. The smallest absolute Gasteiger partial charge is 0.332 e. The molecule has 6 nitrogen and oxygen atoms in total. The lowest BCUT2D eigenvalue weighted by atomic mass is 9.99. The van der Waals surface area contributed by atoms with Crippen molar-refractivity contribution in [1.82, 2.24) is 4.68 Å². The van der Waals surface area contributed by atoms with E-state index < -0.39 is 21.2 Å². The van der Waals surface area contributed by atoms with Crippen LogP contribution in [-0.2, 0) is 14.8 Å². The third-order valence-corrected chi connectivity index (χ3v) is 5.17. The molecule has 0 aliphatic heterocycles. The first-order valence-electron chi connectivity index (χ1n) is 6.43. The van der Waals surface area contributed by atoms with Gasteiger partial charge in [-0.15, -0.1) is 0 Å². The van der Waals surface area contributed by atoms with E-state index in [1.54, 1.807) is 26.0 Å². The summed E-state index contributed by atoms with van der Waals surface area (Å²) in [5, 5.41) is 8.14. The Morgan fingerprint density at radius 2 is 1.95 bits per heavy atom. The van der Waals surface area contributed by atoms with E-state index in [-0.39, 0.29) is 5.57 Å². The fourth-order valence-corrected chi connectivity index (χ4v) is 4.08. The quantitative estimate of drug-likeness (QED) is 0.882. The molecule has 1 aromatic rings. The minimum absolute atomic E-state index is 0.0359. The van der Waals surface area contributed by atoms with Crippen LogP contribution in [0.4, 0.5) is 0 Å². The zero-order chi connectivity index (χ0) is 14.9. The minimum Gasteiger partial charge on any atom is -0.478 e. The number of carbonyl (C=O) groups is 1. The first-order chi connectivity index (χ1) is 9.33. The maximum atomic E-state index is 12.4. The van der Waals surface area contributed by atoms with Crippen molar-refractivity contribution < 1.29 is 18.3 Å². The Morgan fingerprint density at radius 1 is 1.35 bits per heavy atom. The number of nitrogens with zero attached hydrogens (tertiary/aromatic N) is 1. The summed E-state index contributed by atoms with van der Waals surface area (Å²) in [4.78, 5) is 13.7. The summed E-state index contributed by atoms with van der Waals surface area (Å²) in [5.74, 6) is -1.17. The zero-order valence-electron chi connectivity index (χ0n) is 11.5. The Kier molecular flexibility index (Phi) is 3.89. The van der Waals surface area contributed by atoms with E-state index in [0.29, 0.717) is 19.3 Å². The molecule has 2 rings (SSSR count). The molecule has 1 aliphatic carbocycles. The van der Waals surface area contributed by atoms with Crippen LogP contribution in [0.1, 0.15) is 30.7 Å². The number of nitrogens with one attached hydrogen (secondary N) is 1. The highest BCUT2D eigenvalue weighted by atomic mass is 32.2. The van der Waals surface area contributed by atoms with Crippen LogP contribution in [0.2, 0.25) is 0 Å². The van der Waals surface area contributed by atoms with Crippen molar-refractivity contribution in [3.63, 3.8) is 0 Å². The monoisotopic (exact) mass is 298 g/mol. The van der Waals surface area contributed by atoms with E-state index >= 15 is 0 Å². The Balaban J connectivity index is 2.33. The highest BCUT2D eigenvalue weighted by Gasteiger charge is 2.34. The summed E-state index contributed by atoms with van der Waals surface area (Å²) in [6.45, 7) is 3.56. The number of aryl methyl sites for hydroxylation is 2. The standard InChI is InChI=1S/C13H18N2O4S/c1-9-7-8-10(2)15(9)14-20(18,19)12-6-4-3-5-11(12)13(16)17/h5,7-8,12,14H,3-4,6H2,1-2H3,(H,16,17). The van der Waals surface area contributed by atoms with E-state index in [2.05, 4.69) is 4.83 Å². The highest BCUT2D eigenvalue weighted by molar-refractivity contribution is 7.93. The SMILES string of the molecule is Cc1ccc(C)n1NS(=O)(=O)C1CCCC=C1C(=O)O. The van der Waals surface area contributed by atoms with Crippen LogP contribution in [0.15, 0.2) is 23.8 Å². The van der Waals surface area contributed by atoms with Gasteiger partial charge in [0.05, 0.1) is 5.57 Å². The number of carboxylic acid groups (broad SMARTS) is 1. The van der Waals surface area contributed by atoms with Gasteiger partial charge >= 0.3 is 5.97 Å². The second kappa shape index (κ2) is 5.32. The fourth-order valence-electron chi connectivity index (χ4n) is 2.40. The van der Waals surface area contributed by atoms with Gasteiger partial charge in [0.2, 0.25) is 0 Å². The number of hydrogen-bond donors (Lipinski definition) is 2. The van der Waals surface area contributed by atoms with Crippen molar-refractivity contribution in [3.8, 4) is 0 Å². The summed E-state index contributed by atoms with van der Waals surface area (Å²) in [5.41, 5.74) is 1.47. The van der Waals surface area contributed by atoms with Crippen LogP contribution in [0.25, 0.3) is 0 Å². The molecule has 0 spiro atoms. The number of allylic oxidation sites excluding steroid dienone is 1. The fraction of sp³-hybridized carbons (Fsp3) is 0.462. The van der Waals surface area contributed by atoms with Crippen molar-refractivity contribution in [2.45, 2.75) is 38.4 Å². The topological polar surface area (TPSA) is 88.4 Å². The van der Waals surface area contributed by atoms with E-state index in [0.717, 1.165) is 11.4 Å². The summed E-state index contributed by atoms with van der Waals surface area (Å²) in [6.07, 6.45) is 3.11. The Bertz CT molecular complexity index is 638. The molecule has 20 heavy (non-hydrogen) atoms. The average molecular weight is 298 g/mol. The van der Waals surface area contributed by atoms with Gasteiger partial charge in [-0.1, -0.05) is 6.08 Å². The number of hydrogen-bond acceptors (Lipinski definition) is 3. The molecular weight excluding hydrogens is 280 g/mol. The predicted octanol–water partition coefficient (Wildman–Crippen LogP) is 1.54. The molecule has 0 fully saturated rings. The normalized spacial score (nSPS) is 19.5. The second-order valence-electron chi connectivity index (χ2n) is 4.97. The van der Waals surface area contributed by atoms with Gasteiger partial charge in [0, 0.05) is 11.4 Å². The number of sulfonamides is 1. The maximum Gasteiger partial charge on any atom is 0.332 e. The average Bonchev–Trinajstić information content (AvgIpc) is 2.70. The molecule has 0 amide bonds. The lowest BCUT2D eigenvalue weighted by Gasteiger charge is -2.23. The molecule has 1 aliphatic rings. The molecule has 1 aromatic heterocycles.